The lowest BCUT2D eigenvalue weighted by Gasteiger charge is -2.16. The van der Waals surface area contributed by atoms with Crippen LogP contribution in [0.4, 0.5) is 10.1 Å². The van der Waals surface area contributed by atoms with Gasteiger partial charge in [-0.3, -0.25) is 0 Å². The second-order valence-corrected chi connectivity index (χ2v) is 5.87. The zero-order valence-electron chi connectivity index (χ0n) is 9.75. The van der Waals surface area contributed by atoms with Crippen LogP contribution in [0.2, 0.25) is 0 Å². The van der Waals surface area contributed by atoms with Crippen LogP contribution in [0.15, 0.2) is 51.4 Å². The molecule has 0 saturated carbocycles. The van der Waals surface area contributed by atoms with Gasteiger partial charge < -0.3 is 5.32 Å². The summed E-state index contributed by atoms with van der Waals surface area (Å²) >= 11 is 6.74. The van der Waals surface area contributed by atoms with Gasteiger partial charge in [-0.25, -0.2) is 4.39 Å². The summed E-state index contributed by atoms with van der Waals surface area (Å²) in [7, 11) is 0. The summed E-state index contributed by atoms with van der Waals surface area (Å²) in [6, 6.07) is 12.9. The van der Waals surface area contributed by atoms with Gasteiger partial charge in [0, 0.05) is 15.0 Å². The number of rotatable bonds is 3. The largest absolute Gasteiger partial charge is 0.376 e. The molecule has 4 heteroatoms. The maximum Gasteiger partial charge on any atom is 0.146 e. The SMILES string of the molecule is CC(Nc1cc(Br)ccc1F)c1ccc(Br)cc1. The molecule has 0 saturated heterocycles. The molecule has 0 radical (unpaired) electrons. The second-order valence-electron chi connectivity index (χ2n) is 4.04. The highest BCUT2D eigenvalue weighted by Gasteiger charge is 2.08. The van der Waals surface area contributed by atoms with E-state index in [4.69, 9.17) is 0 Å². The Morgan fingerprint density at radius 2 is 1.61 bits per heavy atom. The standard InChI is InChI=1S/C14H12Br2FN/c1-9(10-2-4-11(15)5-3-10)18-14-8-12(16)6-7-13(14)17/h2-9,18H,1H3. The molecule has 0 aromatic heterocycles. The van der Waals surface area contributed by atoms with Crippen LogP contribution < -0.4 is 5.32 Å². The van der Waals surface area contributed by atoms with E-state index in [1.54, 1.807) is 12.1 Å². The Kier molecular flexibility index (Phi) is 4.40. The maximum atomic E-state index is 13.6. The highest BCUT2D eigenvalue weighted by atomic mass is 79.9. The first-order valence-corrected chi connectivity index (χ1v) is 7.12. The van der Waals surface area contributed by atoms with Crippen molar-refractivity contribution in [2.45, 2.75) is 13.0 Å². The van der Waals surface area contributed by atoms with Crippen molar-refractivity contribution in [3.05, 3.63) is 62.8 Å². The summed E-state index contributed by atoms with van der Waals surface area (Å²) in [5, 5.41) is 3.17. The Bertz CT molecular complexity index is 540. The van der Waals surface area contributed by atoms with Crippen molar-refractivity contribution in [2.75, 3.05) is 5.32 Å². The van der Waals surface area contributed by atoms with Crippen LogP contribution in [0.5, 0.6) is 0 Å². The van der Waals surface area contributed by atoms with E-state index < -0.39 is 0 Å². The van der Waals surface area contributed by atoms with Crippen molar-refractivity contribution in [1.29, 1.82) is 0 Å². The number of nitrogens with one attached hydrogen (secondary N) is 1. The summed E-state index contributed by atoms with van der Waals surface area (Å²) in [4.78, 5) is 0. The lowest BCUT2D eigenvalue weighted by Crippen LogP contribution is -2.07. The minimum absolute atomic E-state index is 0.0434. The van der Waals surface area contributed by atoms with Gasteiger partial charge in [0.1, 0.15) is 5.82 Å². The van der Waals surface area contributed by atoms with E-state index in [-0.39, 0.29) is 11.9 Å². The van der Waals surface area contributed by atoms with Gasteiger partial charge in [0.25, 0.3) is 0 Å². The number of hydrogen-bond acceptors (Lipinski definition) is 1. The molecule has 1 nitrogen and oxygen atoms in total. The fourth-order valence-corrected chi connectivity index (χ4v) is 2.30. The van der Waals surface area contributed by atoms with Crippen LogP contribution in [0.3, 0.4) is 0 Å². The van der Waals surface area contributed by atoms with Crippen molar-refractivity contribution < 1.29 is 4.39 Å². The highest BCUT2D eigenvalue weighted by molar-refractivity contribution is 9.10. The molecular formula is C14H12Br2FN. The molecule has 0 heterocycles. The molecule has 2 aromatic carbocycles. The predicted molar refractivity (Wildman–Crippen MR) is 80.3 cm³/mol. The second kappa shape index (κ2) is 5.85. The molecule has 18 heavy (non-hydrogen) atoms. The molecule has 2 rings (SSSR count). The fraction of sp³-hybridized carbons (Fsp3) is 0.143. The van der Waals surface area contributed by atoms with Crippen LogP contribution in [-0.4, -0.2) is 0 Å². The van der Waals surface area contributed by atoms with Gasteiger partial charge in [0.2, 0.25) is 0 Å². The molecule has 1 atom stereocenters. The molecular weight excluding hydrogens is 361 g/mol. The summed E-state index contributed by atoms with van der Waals surface area (Å²) in [5.74, 6) is -0.248. The van der Waals surface area contributed by atoms with Crippen molar-refractivity contribution >= 4 is 37.5 Å². The molecule has 0 spiro atoms. The lowest BCUT2D eigenvalue weighted by atomic mass is 10.1. The molecule has 2 aromatic rings. The average Bonchev–Trinajstić information content (AvgIpc) is 2.34. The van der Waals surface area contributed by atoms with Gasteiger partial charge in [0.15, 0.2) is 0 Å². The number of anilines is 1. The van der Waals surface area contributed by atoms with Gasteiger partial charge in [0.05, 0.1) is 5.69 Å². The normalized spacial score (nSPS) is 12.2. The topological polar surface area (TPSA) is 12.0 Å². The van der Waals surface area contributed by atoms with Gasteiger partial charge in [-0.05, 0) is 42.8 Å². The van der Waals surface area contributed by atoms with Gasteiger partial charge >= 0.3 is 0 Å². The van der Waals surface area contributed by atoms with Gasteiger partial charge in [-0.15, -0.1) is 0 Å². The Balaban J connectivity index is 2.18. The first-order chi connectivity index (χ1) is 8.56. The Labute approximate surface area is 123 Å². The minimum Gasteiger partial charge on any atom is -0.376 e. The lowest BCUT2D eigenvalue weighted by molar-refractivity contribution is 0.627. The smallest absolute Gasteiger partial charge is 0.146 e. The molecule has 0 bridgehead atoms. The maximum absolute atomic E-state index is 13.6. The third-order valence-corrected chi connectivity index (χ3v) is 3.69. The summed E-state index contributed by atoms with van der Waals surface area (Å²) in [6.07, 6.45) is 0. The van der Waals surface area contributed by atoms with E-state index in [2.05, 4.69) is 37.2 Å². The molecule has 94 valence electrons. The minimum atomic E-state index is -0.248. The van der Waals surface area contributed by atoms with E-state index in [1.807, 2.05) is 31.2 Å². The van der Waals surface area contributed by atoms with Crippen LogP contribution in [0.1, 0.15) is 18.5 Å². The van der Waals surface area contributed by atoms with Crippen molar-refractivity contribution in [2.24, 2.45) is 0 Å². The number of halogens is 3. The van der Waals surface area contributed by atoms with Crippen molar-refractivity contribution in [3.8, 4) is 0 Å². The molecule has 0 aliphatic heterocycles. The Morgan fingerprint density at radius 1 is 1.00 bits per heavy atom. The Morgan fingerprint density at radius 3 is 2.28 bits per heavy atom. The van der Waals surface area contributed by atoms with Crippen LogP contribution in [-0.2, 0) is 0 Å². The van der Waals surface area contributed by atoms with Gasteiger partial charge in [-0.1, -0.05) is 44.0 Å². The van der Waals surface area contributed by atoms with E-state index in [0.717, 1.165) is 14.5 Å². The summed E-state index contributed by atoms with van der Waals surface area (Å²) in [6.45, 7) is 2.00. The van der Waals surface area contributed by atoms with Crippen LogP contribution in [0, 0.1) is 5.82 Å². The van der Waals surface area contributed by atoms with Crippen LogP contribution >= 0.6 is 31.9 Å². The molecule has 0 aliphatic rings. The highest BCUT2D eigenvalue weighted by Crippen LogP contribution is 2.25. The first-order valence-electron chi connectivity index (χ1n) is 5.53. The predicted octanol–water partition coefficient (Wildman–Crippen LogP) is 5.52. The molecule has 0 aliphatic carbocycles. The number of benzene rings is 2. The van der Waals surface area contributed by atoms with E-state index in [1.165, 1.54) is 6.07 Å². The zero-order valence-corrected chi connectivity index (χ0v) is 12.9. The molecule has 1 N–H and O–H groups in total. The third kappa shape index (κ3) is 3.33. The van der Waals surface area contributed by atoms with Crippen molar-refractivity contribution in [3.63, 3.8) is 0 Å². The first kappa shape index (κ1) is 13.6. The van der Waals surface area contributed by atoms with Crippen molar-refractivity contribution in [1.82, 2.24) is 0 Å². The quantitative estimate of drug-likeness (QED) is 0.747. The van der Waals surface area contributed by atoms with Gasteiger partial charge in [-0.2, -0.15) is 0 Å². The average molecular weight is 373 g/mol. The molecule has 1 unspecified atom stereocenters. The summed E-state index contributed by atoms with van der Waals surface area (Å²) < 4.78 is 15.5. The van der Waals surface area contributed by atoms with E-state index in [9.17, 15) is 4.39 Å². The number of hydrogen-bond donors (Lipinski definition) is 1. The van der Waals surface area contributed by atoms with E-state index >= 15 is 0 Å². The Hall–Kier alpha value is -0.870. The fourth-order valence-electron chi connectivity index (χ4n) is 1.68. The summed E-state index contributed by atoms with van der Waals surface area (Å²) in [5.41, 5.74) is 1.61. The molecule has 0 fully saturated rings. The molecule has 0 amide bonds. The zero-order chi connectivity index (χ0) is 13.1. The monoisotopic (exact) mass is 371 g/mol. The van der Waals surface area contributed by atoms with Crippen LogP contribution in [0.25, 0.3) is 0 Å². The third-order valence-electron chi connectivity index (χ3n) is 2.67. The van der Waals surface area contributed by atoms with E-state index in [0.29, 0.717) is 5.69 Å².